The van der Waals surface area contributed by atoms with E-state index in [0.717, 1.165) is 11.1 Å². The SMILES string of the molecule is CCOC(=O)C(NC(=O)c1ccc(C(C)(C)C)cc1)(c1ccc(C)cc1)C1CCOC1=S. The molecule has 1 aliphatic rings. The molecule has 0 aromatic heterocycles. The Balaban J connectivity index is 2.08. The number of thiocarbonyl (C=S) groups is 1. The molecule has 32 heavy (non-hydrogen) atoms. The van der Waals surface area contributed by atoms with Gasteiger partial charge in [-0.05, 0) is 61.2 Å². The quantitative estimate of drug-likeness (QED) is 0.501. The number of carbonyl (C=O) groups excluding carboxylic acids is 2. The second kappa shape index (κ2) is 9.41. The summed E-state index contributed by atoms with van der Waals surface area (Å²) in [6.45, 7) is 10.6. The standard InChI is InChI=1S/C26H31NO4S/c1-6-30-24(29)26(21-15-16-31-23(21)32,20-11-7-17(2)8-12-20)27-22(28)18-9-13-19(14-10-18)25(3,4)5/h7-14,21H,6,15-16H2,1-5H3,(H,27,28). The second-order valence-corrected chi connectivity index (χ2v) is 9.59. The van der Waals surface area contributed by atoms with E-state index >= 15 is 0 Å². The minimum Gasteiger partial charge on any atom is -0.487 e. The molecule has 1 N–H and O–H groups in total. The highest BCUT2D eigenvalue weighted by Crippen LogP contribution is 2.38. The molecule has 2 aromatic rings. The van der Waals surface area contributed by atoms with Gasteiger partial charge >= 0.3 is 5.97 Å². The third-order valence-corrected chi connectivity index (χ3v) is 6.29. The van der Waals surface area contributed by atoms with Crippen LogP contribution in [-0.4, -0.2) is 30.1 Å². The van der Waals surface area contributed by atoms with Gasteiger partial charge in [-0.2, -0.15) is 0 Å². The summed E-state index contributed by atoms with van der Waals surface area (Å²) in [5.74, 6) is -1.42. The number of rotatable bonds is 6. The summed E-state index contributed by atoms with van der Waals surface area (Å²) in [4.78, 5) is 26.9. The van der Waals surface area contributed by atoms with Gasteiger partial charge in [-0.1, -0.05) is 62.7 Å². The van der Waals surface area contributed by atoms with Crippen LogP contribution < -0.4 is 5.32 Å². The summed E-state index contributed by atoms with van der Waals surface area (Å²) in [5, 5.41) is 3.32. The van der Waals surface area contributed by atoms with Crippen molar-refractivity contribution in [3.8, 4) is 0 Å². The molecule has 6 heteroatoms. The highest BCUT2D eigenvalue weighted by atomic mass is 32.1. The van der Waals surface area contributed by atoms with E-state index in [1.165, 1.54) is 0 Å². The monoisotopic (exact) mass is 453 g/mol. The predicted molar refractivity (Wildman–Crippen MR) is 129 cm³/mol. The molecule has 170 valence electrons. The molecule has 1 fully saturated rings. The molecule has 5 nitrogen and oxygen atoms in total. The largest absolute Gasteiger partial charge is 0.487 e. The number of amides is 1. The van der Waals surface area contributed by atoms with Crippen molar-refractivity contribution in [2.45, 2.75) is 52.0 Å². The lowest BCUT2D eigenvalue weighted by atomic mass is 9.76. The van der Waals surface area contributed by atoms with Crippen LogP contribution in [0.3, 0.4) is 0 Å². The van der Waals surface area contributed by atoms with Crippen LogP contribution in [0.2, 0.25) is 0 Å². The molecule has 0 spiro atoms. The summed E-state index contributed by atoms with van der Waals surface area (Å²) < 4.78 is 11.0. The topological polar surface area (TPSA) is 64.6 Å². The van der Waals surface area contributed by atoms with Gasteiger partial charge in [0.15, 0.2) is 10.6 Å². The van der Waals surface area contributed by atoms with Gasteiger partial charge in [0.2, 0.25) is 0 Å². The Morgan fingerprint density at radius 1 is 1.06 bits per heavy atom. The number of aryl methyl sites for hydroxylation is 1. The molecule has 2 aromatic carbocycles. The predicted octanol–water partition coefficient (Wildman–Crippen LogP) is 4.84. The number of esters is 1. The van der Waals surface area contributed by atoms with Crippen LogP contribution >= 0.6 is 12.2 Å². The molecule has 1 aliphatic heterocycles. The third kappa shape index (κ3) is 4.70. The molecule has 0 radical (unpaired) electrons. The first-order valence-corrected chi connectivity index (χ1v) is 11.3. The molecule has 2 unspecified atom stereocenters. The summed E-state index contributed by atoms with van der Waals surface area (Å²) in [5.41, 5.74) is 1.74. The van der Waals surface area contributed by atoms with E-state index in [0.29, 0.717) is 29.2 Å². The zero-order chi connectivity index (χ0) is 23.5. The van der Waals surface area contributed by atoms with Crippen LogP contribution in [0.5, 0.6) is 0 Å². The molecule has 3 rings (SSSR count). The number of ether oxygens (including phenoxy) is 2. The lowest BCUT2D eigenvalue weighted by Gasteiger charge is -2.37. The van der Waals surface area contributed by atoms with Gasteiger partial charge in [-0.25, -0.2) is 4.79 Å². The average Bonchev–Trinajstić information content (AvgIpc) is 3.18. The van der Waals surface area contributed by atoms with Crippen LogP contribution in [0.4, 0.5) is 0 Å². The van der Waals surface area contributed by atoms with Crippen LogP contribution in [-0.2, 0) is 25.2 Å². The number of carbonyl (C=O) groups is 2. The summed E-state index contributed by atoms with van der Waals surface area (Å²) in [6, 6.07) is 15.0. The van der Waals surface area contributed by atoms with Crippen molar-refractivity contribution in [1.29, 1.82) is 0 Å². The average molecular weight is 454 g/mol. The van der Waals surface area contributed by atoms with E-state index in [2.05, 4.69) is 26.1 Å². The van der Waals surface area contributed by atoms with Crippen LogP contribution in [0.25, 0.3) is 0 Å². The van der Waals surface area contributed by atoms with Crippen LogP contribution in [0, 0.1) is 12.8 Å². The zero-order valence-electron chi connectivity index (χ0n) is 19.4. The van der Waals surface area contributed by atoms with Crippen molar-refractivity contribution < 1.29 is 19.1 Å². The van der Waals surface area contributed by atoms with Crippen molar-refractivity contribution in [1.82, 2.24) is 5.32 Å². The van der Waals surface area contributed by atoms with Gasteiger partial charge in [0.05, 0.1) is 19.1 Å². The van der Waals surface area contributed by atoms with E-state index in [4.69, 9.17) is 21.7 Å². The molecule has 0 aliphatic carbocycles. The van der Waals surface area contributed by atoms with Crippen molar-refractivity contribution in [2.24, 2.45) is 5.92 Å². The maximum Gasteiger partial charge on any atom is 0.337 e. The molecule has 1 heterocycles. The number of benzene rings is 2. The first kappa shape index (κ1) is 23.9. The third-order valence-electron chi connectivity index (χ3n) is 5.89. The molecule has 0 saturated carbocycles. The van der Waals surface area contributed by atoms with Gasteiger partial charge < -0.3 is 14.8 Å². The van der Waals surface area contributed by atoms with Crippen molar-refractivity contribution in [3.05, 3.63) is 70.8 Å². The molecule has 2 atom stereocenters. The smallest absolute Gasteiger partial charge is 0.337 e. The van der Waals surface area contributed by atoms with E-state index in [1.54, 1.807) is 19.1 Å². The molecule has 1 amide bonds. The number of nitrogens with one attached hydrogen (secondary N) is 1. The minimum absolute atomic E-state index is 0.0288. The lowest BCUT2D eigenvalue weighted by Crippen LogP contribution is -2.58. The van der Waals surface area contributed by atoms with Crippen molar-refractivity contribution in [2.75, 3.05) is 13.2 Å². The first-order valence-electron chi connectivity index (χ1n) is 10.9. The molecule has 0 bridgehead atoms. The normalized spacial score (nSPS) is 17.9. The Kier molecular flexibility index (Phi) is 7.03. The molecular formula is C26H31NO4S. The van der Waals surface area contributed by atoms with E-state index < -0.39 is 17.4 Å². The fourth-order valence-corrected chi connectivity index (χ4v) is 4.37. The fraction of sp³-hybridized carbons (Fsp3) is 0.423. The summed E-state index contributed by atoms with van der Waals surface area (Å²) >= 11 is 5.46. The lowest BCUT2D eigenvalue weighted by molar-refractivity contribution is -0.153. The first-order chi connectivity index (χ1) is 15.1. The van der Waals surface area contributed by atoms with Gasteiger partial charge in [-0.3, -0.25) is 4.79 Å². The Morgan fingerprint density at radius 2 is 1.66 bits per heavy atom. The maximum absolute atomic E-state index is 13.5. The van der Waals surface area contributed by atoms with Gasteiger partial charge in [-0.15, -0.1) is 0 Å². The Bertz CT molecular complexity index is 992. The van der Waals surface area contributed by atoms with Crippen molar-refractivity contribution in [3.63, 3.8) is 0 Å². The zero-order valence-corrected chi connectivity index (χ0v) is 20.2. The van der Waals surface area contributed by atoms with Crippen LogP contribution in [0.1, 0.15) is 61.2 Å². The fourth-order valence-electron chi connectivity index (χ4n) is 3.99. The maximum atomic E-state index is 13.5. The Labute approximate surface area is 195 Å². The highest BCUT2D eigenvalue weighted by Gasteiger charge is 2.54. The highest BCUT2D eigenvalue weighted by molar-refractivity contribution is 7.80. The van der Waals surface area contributed by atoms with Crippen LogP contribution in [0.15, 0.2) is 48.5 Å². The van der Waals surface area contributed by atoms with Gasteiger partial charge in [0.25, 0.3) is 5.91 Å². The Morgan fingerprint density at radius 3 is 2.16 bits per heavy atom. The van der Waals surface area contributed by atoms with E-state index in [-0.39, 0.29) is 17.9 Å². The molecule has 1 saturated heterocycles. The van der Waals surface area contributed by atoms with Crippen molar-refractivity contribution >= 4 is 29.1 Å². The molecular weight excluding hydrogens is 422 g/mol. The van der Waals surface area contributed by atoms with Gasteiger partial charge in [0, 0.05) is 5.56 Å². The summed E-state index contributed by atoms with van der Waals surface area (Å²) in [7, 11) is 0. The number of hydrogen-bond donors (Lipinski definition) is 1. The van der Waals surface area contributed by atoms with Gasteiger partial charge in [0.1, 0.15) is 0 Å². The number of hydrogen-bond acceptors (Lipinski definition) is 5. The second-order valence-electron chi connectivity index (χ2n) is 9.18. The van der Waals surface area contributed by atoms with E-state index in [9.17, 15) is 9.59 Å². The summed E-state index contributed by atoms with van der Waals surface area (Å²) in [6.07, 6.45) is 0.509. The Hall–Kier alpha value is -2.73. The van der Waals surface area contributed by atoms with E-state index in [1.807, 2.05) is 43.3 Å². The minimum atomic E-state index is -1.48.